The van der Waals surface area contributed by atoms with Crippen LogP contribution in [-0.2, 0) is 0 Å². The van der Waals surface area contributed by atoms with E-state index in [2.05, 4.69) is 24.3 Å². The molecular weight excluding hydrogens is 263 g/mol. The average molecular weight is 276 g/mol. The predicted octanol–water partition coefficient (Wildman–Crippen LogP) is 4.81. The van der Waals surface area contributed by atoms with Crippen LogP contribution in [0, 0.1) is 5.82 Å². The fourth-order valence-electron chi connectivity index (χ4n) is 2.12. The molecule has 0 saturated carbocycles. The Labute approximate surface area is 115 Å². The van der Waals surface area contributed by atoms with Crippen molar-refractivity contribution < 1.29 is 4.39 Å². The standard InChI is InChI=1S/C15H13FS2/c16-13-6-2-4-8-15(13)18-10-11-9-17-14-7-3-1-5-12(11)14/h1-8,11H,9-10H2. The van der Waals surface area contributed by atoms with E-state index in [9.17, 15) is 4.39 Å². The van der Waals surface area contributed by atoms with E-state index in [-0.39, 0.29) is 5.82 Å². The number of fused-ring (bicyclic) bond motifs is 1. The van der Waals surface area contributed by atoms with Gasteiger partial charge >= 0.3 is 0 Å². The van der Waals surface area contributed by atoms with Crippen molar-refractivity contribution in [1.29, 1.82) is 0 Å². The molecule has 0 spiro atoms. The molecular formula is C15H13FS2. The molecule has 0 nitrogen and oxygen atoms in total. The third-order valence-corrected chi connectivity index (χ3v) is 5.54. The Kier molecular flexibility index (Phi) is 3.62. The molecule has 3 heteroatoms. The van der Waals surface area contributed by atoms with Crippen LogP contribution in [0.1, 0.15) is 11.5 Å². The van der Waals surface area contributed by atoms with Crippen LogP contribution in [0.3, 0.4) is 0 Å². The van der Waals surface area contributed by atoms with Crippen molar-refractivity contribution in [2.24, 2.45) is 0 Å². The number of thioether (sulfide) groups is 2. The highest BCUT2D eigenvalue weighted by atomic mass is 32.2. The summed E-state index contributed by atoms with van der Waals surface area (Å²) in [6.45, 7) is 0. The fourth-order valence-corrected chi connectivity index (χ4v) is 4.58. The second-order valence-corrected chi connectivity index (χ2v) is 6.41. The van der Waals surface area contributed by atoms with Crippen molar-refractivity contribution in [2.45, 2.75) is 15.7 Å². The van der Waals surface area contributed by atoms with Gasteiger partial charge in [-0.2, -0.15) is 0 Å². The van der Waals surface area contributed by atoms with Gasteiger partial charge in [-0.3, -0.25) is 0 Å². The Bertz CT molecular complexity index is 554. The first-order valence-electron chi connectivity index (χ1n) is 5.93. The van der Waals surface area contributed by atoms with Crippen molar-refractivity contribution >= 4 is 23.5 Å². The van der Waals surface area contributed by atoms with Crippen LogP contribution >= 0.6 is 23.5 Å². The van der Waals surface area contributed by atoms with Gasteiger partial charge in [0.2, 0.25) is 0 Å². The van der Waals surface area contributed by atoms with Gasteiger partial charge in [-0.05, 0) is 23.8 Å². The normalized spacial score (nSPS) is 17.7. The molecule has 3 rings (SSSR count). The number of hydrogen-bond donors (Lipinski definition) is 0. The third kappa shape index (κ3) is 2.43. The largest absolute Gasteiger partial charge is 0.206 e. The fraction of sp³-hybridized carbons (Fsp3) is 0.200. The summed E-state index contributed by atoms with van der Waals surface area (Å²) in [7, 11) is 0. The van der Waals surface area contributed by atoms with E-state index in [4.69, 9.17) is 0 Å². The summed E-state index contributed by atoms with van der Waals surface area (Å²) in [4.78, 5) is 2.14. The highest BCUT2D eigenvalue weighted by Crippen LogP contribution is 2.41. The minimum Gasteiger partial charge on any atom is -0.206 e. The van der Waals surface area contributed by atoms with Gasteiger partial charge in [-0.15, -0.1) is 23.5 Å². The van der Waals surface area contributed by atoms with Gasteiger partial charge in [0.15, 0.2) is 0 Å². The Hall–Kier alpha value is -0.930. The van der Waals surface area contributed by atoms with Gasteiger partial charge in [0.05, 0.1) is 0 Å². The maximum Gasteiger partial charge on any atom is 0.136 e. The molecule has 2 aromatic rings. The topological polar surface area (TPSA) is 0 Å². The average Bonchev–Trinajstić information content (AvgIpc) is 2.81. The van der Waals surface area contributed by atoms with Crippen molar-refractivity contribution in [3.8, 4) is 0 Å². The van der Waals surface area contributed by atoms with Crippen LogP contribution in [0.5, 0.6) is 0 Å². The van der Waals surface area contributed by atoms with E-state index in [0.717, 1.165) is 16.4 Å². The zero-order valence-corrected chi connectivity index (χ0v) is 11.4. The molecule has 0 aromatic heterocycles. The highest BCUT2D eigenvalue weighted by molar-refractivity contribution is 8.00. The molecule has 2 aromatic carbocycles. The van der Waals surface area contributed by atoms with E-state index >= 15 is 0 Å². The molecule has 1 atom stereocenters. The van der Waals surface area contributed by atoms with Gasteiger partial charge < -0.3 is 0 Å². The van der Waals surface area contributed by atoms with Crippen molar-refractivity contribution in [3.63, 3.8) is 0 Å². The Morgan fingerprint density at radius 3 is 2.78 bits per heavy atom. The lowest BCUT2D eigenvalue weighted by atomic mass is 10.0. The SMILES string of the molecule is Fc1ccccc1SCC1CSc2ccccc21. The molecule has 92 valence electrons. The minimum atomic E-state index is -0.110. The summed E-state index contributed by atoms with van der Waals surface area (Å²) in [5.74, 6) is 2.49. The van der Waals surface area contributed by atoms with Crippen LogP contribution in [0.4, 0.5) is 4.39 Å². The summed E-state index contributed by atoms with van der Waals surface area (Å²) < 4.78 is 13.5. The molecule has 0 bridgehead atoms. The second-order valence-electron chi connectivity index (χ2n) is 4.29. The van der Waals surface area contributed by atoms with Crippen LogP contribution in [0.2, 0.25) is 0 Å². The molecule has 1 aliphatic heterocycles. The number of halogens is 1. The van der Waals surface area contributed by atoms with E-state index in [0.29, 0.717) is 5.92 Å². The zero-order chi connectivity index (χ0) is 12.4. The molecule has 0 saturated heterocycles. The second kappa shape index (κ2) is 5.37. The lowest BCUT2D eigenvalue weighted by molar-refractivity contribution is 0.602. The molecule has 1 unspecified atom stereocenters. The Balaban J connectivity index is 1.71. The van der Waals surface area contributed by atoms with E-state index in [1.807, 2.05) is 23.9 Å². The highest BCUT2D eigenvalue weighted by Gasteiger charge is 2.22. The van der Waals surface area contributed by atoms with Crippen LogP contribution in [0.15, 0.2) is 58.3 Å². The van der Waals surface area contributed by atoms with Gasteiger partial charge in [0.25, 0.3) is 0 Å². The lowest BCUT2D eigenvalue weighted by Crippen LogP contribution is -2.00. The van der Waals surface area contributed by atoms with Crippen molar-refractivity contribution in [1.82, 2.24) is 0 Å². The third-order valence-electron chi connectivity index (χ3n) is 3.08. The summed E-state index contributed by atoms with van der Waals surface area (Å²) in [5.41, 5.74) is 1.42. The van der Waals surface area contributed by atoms with E-state index < -0.39 is 0 Å². The predicted molar refractivity (Wildman–Crippen MR) is 77.0 cm³/mol. The van der Waals surface area contributed by atoms with Gasteiger partial charge in [-0.1, -0.05) is 30.3 Å². The monoisotopic (exact) mass is 276 g/mol. The van der Waals surface area contributed by atoms with Gasteiger partial charge in [0.1, 0.15) is 5.82 Å². The maximum atomic E-state index is 13.5. The van der Waals surface area contributed by atoms with Crippen LogP contribution in [-0.4, -0.2) is 11.5 Å². The van der Waals surface area contributed by atoms with Crippen molar-refractivity contribution in [2.75, 3.05) is 11.5 Å². The number of hydrogen-bond acceptors (Lipinski definition) is 2. The first kappa shape index (κ1) is 12.1. The molecule has 1 aliphatic rings. The summed E-state index contributed by atoms with van der Waals surface area (Å²) in [6.07, 6.45) is 0. The summed E-state index contributed by atoms with van der Waals surface area (Å²) in [5, 5.41) is 0. The molecule has 1 heterocycles. The van der Waals surface area contributed by atoms with Crippen LogP contribution in [0.25, 0.3) is 0 Å². The Morgan fingerprint density at radius 2 is 1.89 bits per heavy atom. The first-order valence-corrected chi connectivity index (χ1v) is 7.91. The number of rotatable bonds is 3. The molecule has 18 heavy (non-hydrogen) atoms. The maximum absolute atomic E-state index is 13.5. The molecule has 0 aliphatic carbocycles. The molecule has 0 N–H and O–H groups in total. The quantitative estimate of drug-likeness (QED) is 0.738. The van der Waals surface area contributed by atoms with Gasteiger partial charge in [0, 0.05) is 27.2 Å². The zero-order valence-electron chi connectivity index (χ0n) is 9.80. The number of benzene rings is 2. The van der Waals surface area contributed by atoms with E-state index in [1.54, 1.807) is 17.8 Å². The smallest absolute Gasteiger partial charge is 0.136 e. The van der Waals surface area contributed by atoms with E-state index in [1.165, 1.54) is 16.5 Å². The van der Waals surface area contributed by atoms with Crippen LogP contribution < -0.4 is 0 Å². The van der Waals surface area contributed by atoms with Crippen molar-refractivity contribution in [3.05, 3.63) is 59.9 Å². The molecule has 0 fully saturated rings. The van der Waals surface area contributed by atoms with Gasteiger partial charge in [-0.25, -0.2) is 4.39 Å². The molecule has 0 radical (unpaired) electrons. The first-order chi connectivity index (χ1) is 8.84. The lowest BCUT2D eigenvalue weighted by Gasteiger charge is -2.10. The Morgan fingerprint density at radius 1 is 1.11 bits per heavy atom. The summed E-state index contributed by atoms with van der Waals surface area (Å²) in [6, 6.07) is 15.6. The minimum absolute atomic E-state index is 0.110. The molecule has 0 amide bonds. The summed E-state index contributed by atoms with van der Waals surface area (Å²) >= 11 is 3.53.